The predicted molar refractivity (Wildman–Crippen MR) is 69.9 cm³/mol. The van der Waals surface area contributed by atoms with Crippen molar-refractivity contribution < 1.29 is 4.43 Å². The van der Waals surface area contributed by atoms with Crippen molar-refractivity contribution in [1.29, 1.82) is 0 Å². The molecule has 0 spiro atoms. The Labute approximate surface area is 104 Å². The van der Waals surface area contributed by atoms with Crippen LogP contribution in [0.5, 0.6) is 0 Å². The summed E-state index contributed by atoms with van der Waals surface area (Å²) in [6.45, 7) is 4.21. The van der Waals surface area contributed by atoms with Crippen LogP contribution in [-0.4, -0.2) is 16.1 Å². The summed E-state index contributed by atoms with van der Waals surface area (Å²) in [5.74, 6) is 0. The molecule has 0 fully saturated rings. The molecule has 84 valence electrons. The Morgan fingerprint density at radius 1 is 1.20 bits per heavy atom. The van der Waals surface area contributed by atoms with Crippen LogP contribution in [0, 0.1) is 0 Å². The Morgan fingerprint density at radius 3 is 2.20 bits per heavy atom. The smallest absolute Gasteiger partial charge is 0.146 e. The zero-order valence-corrected chi connectivity index (χ0v) is 12.8. The molecule has 1 aromatic rings. The van der Waals surface area contributed by atoms with Crippen molar-refractivity contribution in [2.45, 2.75) is 32.3 Å². The maximum atomic E-state index is 5.93. The second-order valence-corrected chi connectivity index (χ2v) is 5.52. The van der Waals surface area contributed by atoms with Crippen molar-refractivity contribution in [2.24, 2.45) is 0 Å². The van der Waals surface area contributed by atoms with E-state index in [0.717, 1.165) is 23.3 Å². The number of rotatable bonds is 4. The third kappa shape index (κ3) is 4.56. The molecule has 0 amide bonds. The first-order valence-electron chi connectivity index (χ1n) is 4.93. The lowest BCUT2D eigenvalue weighted by Gasteiger charge is -2.23. The molecule has 0 radical (unpaired) electrons. The molecule has 1 aromatic carbocycles. The van der Waals surface area contributed by atoms with E-state index in [1.54, 1.807) is 6.07 Å². The second kappa shape index (κ2) is 5.35. The summed E-state index contributed by atoms with van der Waals surface area (Å²) in [6.07, 6.45) is 1.92. The summed E-state index contributed by atoms with van der Waals surface area (Å²) in [5.41, 5.74) is 1.13. The quantitative estimate of drug-likeness (QED) is 0.759. The van der Waals surface area contributed by atoms with E-state index in [4.69, 9.17) is 27.6 Å². The molecule has 0 saturated carbocycles. The van der Waals surface area contributed by atoms with Gasteiger partial charge >= 0.3 is 0 Å². The lowest BCUT2D eigenvalue weighted by Crippen LogP contribution is -2.23. The first-order valence-corrected chi connectivity index (χ1v) is 6.50. The van der Waals surface area contributed by atoms with Crippen LogP contribution in [0.1, 0.15) is 25.8 Å². The van der Waals surface area contributed by atoms with Crippen LogP contribution in [0.2, 0.25) is 10.0 Å². The third-order valence-electron chi connectivity index (χ3n) is 2.49. The molecule has 0 aliphatic rings. The fourth-order valence-corrected chi connectivity index (χ4v) is 2.08. The molecule has 0 saturated heterocycles. The highest BCUT2D eigenvalue weighted by molar-refractivity contribution is 6.34. The highest BCUT2D eigenvalue weighted by Gasteiger charge is 2.15. The van der Waals surface area contributed by atoms with Gasteiger partial charge in [0.15, 0.2) is 0 Å². The lowest BCUT2D eigenvalue weighted by molar-refractivity contribution is 0.113. The minimum atomic E-state index is -0.0407. The van der Waals surface area contributed by atoms with Gasteiger partial charge in [0.25, 0.3) is 0 Å². The first-order chi connectivity index (χ1) is 6.93. The lowest BCUT2D eigenvalue weighted by atomic mass is 9.99. The van der Waals surface area contributed by atoms with Gasteiger partial charge in [-0.1, -0.05) is 23.2 Å². The summed E-state index contributed by atoms with van der Waals surface area (Å²) in [5, 5.41) is 1.39. The molecule has 15 heavy (non-hydrogen) atoms. The number of hydrogen-bond donors (Lipinski definition) is 0. The summed E-state index contributed by atoms with van der Waals surface area (Å²) >= 11 is 11.9. The maximum absolute atomic E-state index is 5.93. The van der Waals surface area contributed by atoms with Crippen molar-refractivity contribution in [2.75, 3.05) is 0 Å². The second-order valence-electron chi connectivity index (χ2n) is 4.24. The van der Waals surface area contributed by atoms with Crippen LogP contribution >= 0.6 is 23.2 Å². The van der Waals surface area contributed by atoms with E-state index in [0.29, 0.717) is 10.0 Å². The summed E-state index contributed by atoms with van der Waals surface area (Å²) in [4.78, 5) is 0. The molecule has 0 aromatic heterocycles. The van der Waals surface area contributed by atoms with E-state index in [-0.39, 0.29) is 5.60 Å². The molecule has 0 aliphatic heterocycles. The number of halogens is 2. The number of benzene rings is 1. The molecule has 0 aliphatic carbocycles. The van der Waals surface area contributed by atoms with Gasteiger partial charge < -0.3 is 4.43 Å². The zero-order valence-electron chi connectivity index (χ0n) is 9.31. The van der Waals surface area contributed by atoms with Gasteiger partial charge in [-0.3, -0.25) is 0 Å². The van der Waals surface area contributed by atoms with E-state index in [1.165, 1.54) is 5.56 Å². The number of hydrogen-bond acceptors (Lipinski definition) is 1. The molecule has 1 rings (SSSR count). The fourth-order valence-electron chi connectivity index (χ4n) is 1.30. The molecule has 0 unspecified atom stereocenters. The summed E-state index contributed by atoms with van der Waals surface area (Å²) in [7, 11) is 0.769. The highest BCUT2D eigenvalue weighted by atomic mass is 35.5. The van der Waals surface area contributed by atoms with E-state index >= 15 is 0 Å². The van der Waals surface area contributed by atoms with Crippen molar-refractivity contribution in [3.63, 3.8) is 0 Å². The number of aryl methyl sites for hydroxylation is 1. The SMILES string of the molecule is CC(C)(CCc1cc(Cl)cc(Cl)c1)O[SiH3]. The summed E-state index contributed by atoms with van der Waals surface area (Å²) in [6, 6.07) is 5.66. The Kier molecular flexibility index (Phi) is 4.65. The average Bonchev–Trinajstić information content (AvgIpc) is 2.14. The molecule has 0 atom stereocenters. The molecule has 0 N–H and O–H groups in total. The van der Waals surface area contributed by atoms with Crippen molar-refractivity contribution >= 4 is 33.7 Å². The van der Waals surface area contributed by atoms with Gasteiger partial charge in [-0.25, -0.2) is 0 Å². The van der Waals surface area contributed by atoms with Crippen LogP contribution in [0.25, 0.3) is 0 Å². The Morgan fingerprint density at radius 2 is 1.73 bits per heavy atom. The Bertz CT molecular complexity index is 319. The Balaban J connectivity index is 2.65. The molecule has 1 nitrogen and oxygen atoms in total. The van der Waals surface area contributed by atoms with Gasteiger partial charge in [0.2, 0.25) is 0 Å². The molecular weight excluding hydrogens is 247 g/mol. The Hall–Kier alpha value is -0.0231. The van der Waals surface area contributed by atoms with E-state index < -0.39 is 0 Å². The van der Waals surface area contributed by atoms with Gasteiger partial charge in [-0.05, 0) is 50.5 Å². The van der Waals surface area contributed by atoms with Crippen LogP contribution in [0.3, 0.4) is 0 Å². The molecule has 4 heteroatoms. The van der Waals surface area contributed by atoms with Crippen molar-refractivity contribution in [1.82, 2.24) is 0 Å². The third-order valence-corrected chi connectivity index (χ3v) is 4.03. The van der Waals surface area contributed by atoms with Gasteiger partial charge in [0.1, 0.15) is 10.5 Å². The van der Waals surface area contributed by atoms with Gasteiger partial charge in [-0.15, -0.1) is 0 Å². The predicted octanol–water partition coefficient (Wildman–Crippen LogP) is 3.00. The largest absolute Gasteiger partial charge is 0.423 e. The van der Waals surface area contributed by atoms with Crippen LogP contribution in [0.4, 0.5) is 0 Å². The van der Waals surface area contributed by atoms with Crippen molar-refractivity contribution in [3.05, 3.63) is 33.8 Å². The van der Waals surface area contributed by atoms with Crippen molar-refractivity contribution in [3.8, 4) is 0 Å². The van der Waals surface area contributed by atoms with Gasteiger partial charge in [0, 0.05) is 15.6 Å². The maximum Gasteiger partial charge on any atom is 0.146 e. The zero-order chi connectivity index (χ0) is 11.5. The minimum absolute atomic E-state index is 0.0407. The monoisotopic (exact) mass is 262 g/mol. The van der Waals surface area contributed by atoms with Gasteiger partial charge in [-0.2, -0.15) is 0 Å². The first kappa shape index (κ1) is 13.0. The van der Waals surface area contributed by atoms with Crippen LogP contribution in [-0.2, 0) is 10.8 Å². The molecule has 0 heterocycles. The van der Waals surface area contributed by atoms with E-state index in [2.05, 4.69) is 13.8 Å². The standard InChI is InChI=1S/C11H16Cl2OSi/c1-11(2,14-15)4-3-8-5-9(12)7-10(13)6-8/h5-7H,3-4H2,1-2,15H3. The summed E-state index contributed by atoms with van der Waals surface area (Å²) < 4.78 is 5.49. The van der Waals surface area contributed by atoms with E-state index in [9.17, 15) is 0 Å². The molecule has 0 bridgehead atoms. The van der Waals surface area contributed by atoms with Gasteiger partial charge in [0.05, 0.1) is 0 Å². The normalized spacial score (nSPS) is 12.0. The highest BCUT2D eigenvalue weighted by Crippen LogP contribution is 2.22. The topological polar surface area (TPSA) is 9.23 Å². The average molecular weight is 263 g/mol. The van der Waals surface area contributed by atoms with E-state index in [1.807, 2.05) is 12.1 Å². The minimum Gasteiger partial charge on any atom is -0.423 e. The van der Waals surface area contributed by atoms with Crippen LogP contribution < -0.4 is 0 Å². The fraction of sp³-hybridized carbons (Fsp3) is 0.455. The van der Waals surface area contributed by atoms with Crippen LogP contribution in [0.15, 0.2) is 18.2 Å². The molecular formula is C11H16Cl2OSi.